The third-order valence-corrected chi connectivity index (χ3v) is 6.23. The molecule has 6 heteroatoms. The number of fused-ring (bicyclic) bond motifs is 3. The quantitative estimate of drug-likeness (QED) is 0.877. The van der Waals surface area contributed by atoms with Crippen LogP contribution < -0.4 is 20.1 Å². The smallest absolute Gasteiger partial charge is 0.256 e. The number of carbonyl (C=O) groups is 1. The predicted molar refractivity (Wildman–Crippen MR) is 98.9 cm³/mol. The van der Waals surface area contributed by atoms with Gasteiger partial charge in [-0.25, -0.2) is 0 Å². The highest BCUT2D eigenvalue weighted by molar-refractivity contribution is 7.16. The van der Waals surface area contributed by atoms with Gasteiger partial charge in [0.25, 0.3) is 5.91 Å². The molecule has 0 saturated heterocycles. The fourth-order valence-corrected chi connectivity index (χ4v) is 5.11. The molecule has 0 bridgehead atoms. The fraction of sp³-hybridized carbons (Fsp3) is 0.421. The van der Waals surface area contributed by atoms with Crippen LogP contribution >= 0.6 is 11.3 Å². The van der Waals surface area contributed by atoms with Crippen molar-refractivity contribution in [3.8, 4) is 11.5 Å². The zero-order valence-electron chi connectivity index (χ0n) is 14.6. The Morgan fingerprint density at radius 1 is 1.20 bits per heavy atom. The number of anilines is 1. The molecule has 132 valence electrons. The number of hydrogen-bond acceptors (Lipinski definition) is 5. The molecule has 0 radical (unpaired) electrons. The normalized spacial score (nSPS) is 21.6. The van der Waals surface area contributed by atoms with Gasteiger partial charge < -0.3 is 20.1 Å². The molecule has 0 fully saturated rings. The van der Waals surface area contributed by atoms with E-state index in [0.717, 1.165) is 41.1 Å². The molecule has 4 rings (SSSR count). The molecule has 1 aliphatic heterocycles. The summed E-state index contributed by atoms with van der Waals surface area (Å²) in [4.78, 5) is 14.2. The molecule has 2 aromatic rings. The monoisotopic (exact) mass is 358 g/mol. The molecular weight excluding hydrogens is 336 g/mol. The van der Waals surface area contributed by atoms with Gasteiger partial charge in [0.1, 0.15) is 22.7 Å². The van der Waals surface area contributed by atoms with Crippen molar-refractivity contribution < 1.29 is 14.3 Å². The number of methoxy groups -OCH3 is 2. The van der Waals surface area contributed by atoms with Crippen LogP contribution in [0.3, 0.4) is 0 Å². The summed E-state index contributed by atoms with van der Waals surface area (Å²) in [5, 5.41) is 7.56. The molecule has 2 N–H and O–H groups in total. The third kappa shape index (κ3) is 2.74. The maximum Gasteiger partial charge on any atom is 0.256 e. The van der Waals surface area contributed by atoms with Gasteiger partial charge in [0.05, 0.1) is 19.8 Å². The molecule has 0 spiro atoms. The highest BCUT2D eigenvalue weighted by Gasteiger charge is 2.33. The zero-order chi connectivity index (χ0) is 17.6. The lowest BCUT2D eigenvalue weighted by Crippen LogP contribution is -2.38. The van der Waals surface area contributed by atoms with E-state index in [1.807, 2.05) is 18.2 Å². The molecule has 1 amide bonds. The minimum absolute atomic E-state index is 0.00340. The standard InChI is InChI=1S/C19H22N2O3S/c1-10-4-6-13-15(8-10)25-19-16(13)18(22)20-17(21-19)12-7-5-11(23-2)9-14(12)24-3/h5,7,9-10,17,21H,4,6,8H2,1-3H3,(H,20,22)/t10-,17-/m1/s1. The van der Waals surface area contributed by atoms with Crippen LogP contribution in [0.4, 0.5) is 5.00 Å². The van der Waals surface area contributed by atoms with E-state index in [4.69, 9.17) is 9.47 Å². The number of ether oxygens (including phenoxy) is 2. The summed E-state index contributed by atoms with van der Waals surface area (Å²) in [6.07, 6.45) is 2.91. The molecule has 2 aliphatic rings. The van der Waals surface area contributed by atoms with E-state index in [9.17, 15) is 4.79 Å². The maximum absolute atomic E-state index is 12.8. The summed E-state index contributed by atoms with van der Waals surface area (Å²) >= 11 is 1.73. The average Bonchev–Trinajstić information content (AvgIpc) is 2.98. The topological polar surface area (TPSA) is 59.6 Å². The van der Waals surface area contributed by atoms with Crippen LogP contribution in [0.15, 0.2) is 18.2 Å². The Morgan fingerprint density at radius 2 is 2.04 bits per heavy atom. The molecule has 0 unspecified atom stereocenters. The first-order valence-electron chi connectivity index (χ1n) is 8.54. The number of amides is 1. The molecule has 1 aromatic heterocycles. The second-order valence-corrected chi connectivity index (χ2v) is 7.82. The van der Waals surface area contributed by atoms with Gasteiger partial charge in [0.2, 0.25) is 0 Å². The van der Waals surface area contributed by atoms with Crippen molar-refractivity contribution in [1.29, 1.82) is 0 Å². The first-order valence-corrected chi connectivity index (χ1v) is 9.36. The first-order chi connectivity index (χ1) is 12.1. The van der Waals surface area contributed by atoms with Gasteiger partial charge in [-0.2, -0.15) is 0 Å². The van der Waals surface area contributed by atoms with E-state index in [0.29, 0.717) is 11.7 Å². The summed E-state index contributed by atoms with van der Waals surface area (Å²) in [6.45, 7) is 2.28. The van der Waals surface area contributed by atoms with Gasteiger partial charge in [-0.15, -0.1) is 11.3 Å². The van der Waals surface area contributed by atoms with Crippen molar-refractivity contribution in [2.75, 3.05) is 19.5 Å². The van der Waals surface area contributed by atoms with Crippen LogP contribution in [0.25, 0.3) is 0 Å². The summed E-state index contributed by atoms with van der Waals surface area (Å²) < 4.78 is 10.7. The summed E-state index contributed by atoms with van der Waals surface area (Å²) in [5.74, 6) is 2.11. The van der Waals surface area contributed by atoms with Crippen LogP contribution in [0, 0.1) is 5.92 Å². The van der Waals surface area contributed by atoms with Gasteiger partial charge in [0.15, 0.2) is 0 Å². The average molecular weight is 358 g/mol. The Kier molecular flexibility index (Phi) is 4.07. The molecule has 2 atom stereocenters. The van der Waals surface area contributed by atoms with Crippen molar-refractivity contribution in [2.45, 2.75) is 32.4 Å². The van der Waals surface area contributed by atoms with E-state index in [2.05, 4.69) is 17.6 Å². The zero-order valence-corrected chi connectivity index (χ0v) is 15.5. The SMILES string of the molecule is COc1ccc([C@@H]2NC(=O)c3c(sc4c3CC[C@@H](C)C4)N2)c(OC)c1. The fourth-order valence-electron chi connectivity index (χ4n) is 3.68. The van der Waals surface area contributed by atoms with E-state index < -0.39 is 0 Å². The van der Waals surface area contributed by atoms with Crippen molar-refractivity contribution in [3.05, 3.63) is 39.8 Å². The van der Waals surface area contributed by atoms with Gasteiger partial charge in [-0.3, -0.25) is 4.79 Å². The minimum atomic E-state index is -0.307. The molecular formula is C19H22N2O3S. The summed E-state index contributed by atoms with van der Waals surface area (Å²) in [6, 6.07) is 5.64. The van der Waals surface area contributed by atoms with E-state index in [1.165, 1.54) is 10.4 Å². The summed E-state index contributed by atoms with van der Waals surface area (Å²) in [7, 11) is 3.25. The van der Waals surface area contributed by atoms with Crippen molar-refractivity contribution in [3.63, 3.8) is 0 Å². The number of hydrogen-bond donors (Lipinski definition) is 2. The maximum atomic E-state index is 12.8. The Balaban J connectivity index is 1.69. The van der Waals surface area contributed by atoms with E-state index >= 15 is 0 Å². The largest absolute Gasteiger partial charge is 0.497 e. The molecule has 1 aromatic carbocycles. The molecule has 5 nitrogen and oxygen atoms in total. The van der Waals surface area contributed by atoms with Crippen LogP contribution in [-0.4, -0.2) is 20.1 Å². The highest BCUT2D eigenvalue weighted by Crippen LogP contribution is 2.43. The van der Waals surface area contributed by atoms with Crippen molar-refractivity contribution in [2.24, 2.45) is 5.92 Å². The Morgan fingerprint density at radius 3 is 2.80 bits per heavy atom. The van der Waals surface area contributed by atoms with Gasteiger partial charge in [-0.05, 0) is 42.9 Å². The Hall–Kier alpha value is -2.21. The van der Waals surface area contributed by atoms with Crippen LogP contribution in [0.1, 0.15) is 45.9 Å². The third-order valence-electron chi connectivity index (χ3n) is 5.04. The number of carbonyl (C=O) groups excluding carboxylic acids is 1. The Bertz CT molecular complexity index is 830. The first kappa shape index (κ1) is 16.3. The molecule has 2 heterocycles. The number of thiophene rings is 1. The second kappa shape index (κ2) is 6.26. The van der Waals surface area contributed by atoms with Crippen LogP contribution in [0.2, 0.25) is 0 Å². The van der Waals surface area contributed by atoms with Crippen LogP contribution in [0.5, 0.6) is 11.5 Å². The molecule has 1 aliphatic carbocycles. The van der Waals surface area contributed by atoms with E-state index in [-0.39, 0.29) is 12.1 Å². The van der Waals surface area contributed by atoms with Crippen molar-refractivity contribution in [1.82, 2.24) is 5.32 Å². The van der Waals surface area contributed by atoms with Gasteiger partial charge >= 0.3 is 0 Å². The van der Waals surface area contributed by atoms with Crippen molar-refractivity contribution >= 4 is 22.2 Å². The predicted octanol–water partition coefficient (Wildman–Crippen LogP) is 3.74. The number of rotatable bonds is 3. The molecule has 25 heavy (non-hydrogen) atoms. The van der Waals surface area contributed by atoms with E-state index in [1.54, 1.807) is 25.6 Å². The Labute approximate surface area is 151 Å². The van der Waals surface area contributed by atoms with Crippen LogP contribution in [-0.2, 0) is 12.8 Å². The summed E-state index contributed by atoms with van der Waals surface area (Å²) in [5.41, 5.74) is 2.97. The highest BCUT2D eigenvalue weighted by atomic mass is 32.1. The lowest BCUT2D eigenvalue weighted by molar-refractivity contribution is 0.0934. The number of benzene rings is 1. The van der Waals surface area contributed by atoms with Gasteiger partial charge in [-0.1, -0.05) is 6.92 Å². The lowest BCUT2D eigenvalue weighted by atomic mass is 9.88. The molecule has 0 saturated carbocycles. The second-order valence-electron chi connectivity index (χ2n) is 6.71. The minimum Gasteiger partial charge on any atom is -0.497 e. The van der Waals surface area contributed by atoms with Gasteiger partial charge in [0, 0.05) is 16.5 Å². The lowest BCUT2D eigenvalue weighted by Gasteiger charge is -2.28. The number of nitrogens with one attached hydrogen (secondary N) is 2.